The zero-order chi connectivity index (χ0) is 25.1. The van der Waals surface area contributed by atoms with Gasteiger partial charge in [0.05, 0.1) is 25.3 Å². The van der Waals surface area contributed by atoms with E-state index in [1.807, 2.05) is 0 Å². The van der Waals surface area contributed by atoms with Crippen LogP contribution >= 0.6 is 0 Å². The molecule has 1 fully saturated rings. The number of carbonyl (C=O) groups excluding carboxylic acids is 2. The highest BCUT2D eigenvalue weighted by Crippen LogP contribution is 2.33. The van der Waals surface area contributed by atoms with E-state index < -0.39 is 23.4 Å². The lowest BCUT2D eigenvalue weighted by atomic mass is 10.0. The van der Waals surface area contributed by atoms with Gasteiger partial charge in [0.1, 0.15) is 34.5 Å². The third-order valence-electron chi connectivity index (χ3n) is 5.86. The molecular weight excluding hydrogens is 460 g/mol. The number of carbonyl (C=O) groups is 2. The molecule has 0 radical (unpaired) electrons. The number of amides is 2. The summed E-state index contributed by atoms with van der Waals surface area (Å²) in [4.78, 5) is 24.6. The predicted octanol–water partition coefficient (Wildman–Crippen LogP) is 2.80. The van der Waals surface area contributed by atoms with Crippen LogP contribution in [0.25, 0.3) is 11.3 Å². The van der Waals surface area contributed by atoms with Gasteiger partial charge in [-0.25, -0.2) is 13.5 Å². The second-order valence-electron chi connectivity index (χ2n) is 8.10. The summed E-state index contributed by atoms with van der Waals surface area (Å²) in [5.74, 6) is -2.75. The van der Waals surface area contributed by atoms with E-state index in [1.165, 1.54) is 11.8 Å². The van der Waals surface area contributed by atoms with E-state index in [2.05, 4.69) is 10.4 Å². The fourth-order valence-corrected chi connectivity index (χ4v) is 4.08. The number of benzene rings is 2. The molecule has 11 heteroatoms. The maximum atomic E-state index is 15.1. The van der Waals surface area contributed by atoms with Crippen molar-refractivity contribution in [3.05, 3.63) is 64.7 Å². The van der Waals surface area contributed by atoms with E-state index >= 15 is 4.39 Å². The van der Waals surface area contributed by atoms with E-state index in [0.29, 0.717) is 25.4 Å². The Morgan fingerprint density at radius 3 is 2.71 bits per heavy atom. The smallest absolute Gasteiger partial charge is 0.255 e. The molecule has 1 saturated heterocycles. The molecule has 0 spiro atoms. The number of nitrogens with two attached hydrogens (primary N) is 2. The minimum absolute atomic E-state index is 0.0315. The summed E-state index contributed by atoms with van der Waals surface area (Å²) in [6.07, 6.45) is 1.47. The number of halogens is 2. The molecule has 1 atom stereocenters. The molecule has 3 aromatic rings. The monoisotopic (exact) mass is 485 g/mol. The van der Waals surface area contributed by atoms with Crippen LogP contribution in [0.2, 0.25) is 0 Å². The zero-order valence-corrected chi connectivity index (χ0v) is 19.0. The summed E-state index contributed by atoms with van der Waals surface area (Å²) in [5.41, 5.74) is 11.2. The minimum atomic E-state index is -0.909. The molecule has 0 aliphatic carbocycles. The summed E-state index contributed by atoms with van der Waals surface area (Å²) in [6, 6.07) is 8.13. The number of nitrogen functional groups attached to an aromatic ring is 1. The average Bonchev–Trinajstić information content (AvgIpc) is 3.21. The molecule has 9 nitrogen and oxygen atoms in total. The van der Waals surface area contributed by atoms with Gasteiger partial charge in [-0.1, -0.05) is 12.1 Å². The molecule has 5 N–H and O–H groups in total. The van der Waals surface area contributed by atoms with Crippen molar-refractivity contribution in [2.24, 2.45) is 5.73 Å². The van der Waals surface area contributed by atoms with E-state index in [4.69, 9.17) is 20.9 Å². The highest BCUT2D eigenvalue weighted by Gasteiger charge is 2.28. The van der Waals surface area contributed by atoms with Crippen molar-refractivity contribution in [1.29, 1.82) is 0 Å². The lowest BCUT2D eigenvalue weighted by molar-refractivity contribution is 0.0558. The Morgan fingerprint density at radius 1 is 1.26 bits per heavy atom. The maximum Gasteiger partial charge on any atom is 0.255 e. The standard InChI is InChI=1S/C24H25F2N5O4/c1-34-19-7-3-2-6-15(19)24(33)29-11-13-9-18(26)16(10-17(13)25)21-20(23(28)32)22(27)31(30-21)14-5-4-8-35-12-14/h2-3,6-7,9-10,14H,4-5,8,11-12,27H2,1H3,(H2,28,32)(H,29,33). The molecule has 1 unspecified atom stereocenters. The Balaban J connectivity index is 1.62. The number of ether oxygens (including phenoxy) is 2. The molecule has 1 aliphatic rings. The normalized spacial score (nSPS) is 15.6. The first kappa shape index (κ1) is 24.1. The number of hydrogen-bond donors (Lipinski definition) is 3. The average molecular weight is 485 g/mol. The molecule has 1 aliphatic heterocycles. The van der Waals surface area contributed by atoms with E-state index in [-0.39, 0.29) is 46.4 Å². The van der Waals surface area contributed by atoms with Crippen LogP contribution in [0.15, 0.2) is 36.4 Å². The first-order valence-corrected chi connectivity index (χ1v) is 11.0. The van der Waals surface area contributed by atoms with Crippen molar-refractivity contribution < 1.29 is 27.8 Å². The Hall–Kier alpha value is -3.99. The number of para-hydroxylation sites is 1. The summed E-state index contributed by atoms with van der Waals surface area (Å²) in [6.45, 7) is 0.645. The van der Waals surface area contributed by atoms with E-state index in [1.54, 1.807) is 24.3 Å². The van der Waals surface area contributed by atoms with Crippen LogP contribution in [-0.2, 0) is 11.3 Å². The summed E-state index contributed by atoms with van der Waals surface area (Å²) < 4.78 is 42.1. The van der Waals surface area contributed by atoms with Crippen molar-refractivity contribution in [2.45, 2.75) is 25.4 Å². The number of anilines is 1. The van der Waals surface area contributed by atoms with Crippen LogP contribution in [0.5, 0.6) is 5.75 Å². The summed E-state index contributed by atoms with van der Waals surface area (Å²) in [7, 11) is 1.43. The number of aromatic nitrogens is 2. The SMILES string of the molecule is COc1ccccc1C(=O)NCc1cc(F)c(-c2nn(C3CCCOC3)c(N)c2C(N)=O)cc1F. The topological polar surface area (TPSA) is 134 Å². The fourth-order valence-electron chi connectivity index (χ4n) is 4.08. The third-order valence-corrected chi connectivity index (χ3v) is 5.86. The quantitative estimate of drug-likeness (QED) is 0.471. The summed E-state index contributed by atoms with van der Waals surface area (Å²) >= 11 is 0. The number of hydrogen-bond acceptors (Lipinski definition) is 6. The van der Waals surface area contributed by atoms with Crippen LogP contribution in [0, 0.1) is 11.6 Å². The maximum absolute atomic E-state index is 15.1. The molecule has 2 heterocycles. The highest BCUT2D eigenvalue weighted by molar-refractivity contribution is 6.03. The lowest BCUT2D eigenvalue weighted by Crippen LogP contribution is -2.24. The van der Waals surface area contributed by atoms with Gasteiger partial charge < -0.3 is 26.3 Å². The van der Waals surface area contributed by atoms with Crippen LogP contribution in [0.1, 0.15) is 45.2 Å². The summed E-state index contributed by atoms with van der Waals surface area (Å²) in [5, 5.41) is 6.86. The second kappa shape index (κ2) is 10.1. The van der Waals surface area contributed by atoms with Gasteiger partial charge >= 0.3 is 0 Å². The van der Waals surface area contributed by atoms with Gasteiger partial charge in [0.2, 0.25) is 0 Å². The van der Waals surface area contributed by atoms with Crippen molar-refractivity contribution in [1.82, 2.24) is 15.1 Å². The molecule has 184 valence electrons. The Bertz CT molecular complexity index is 1270. The van der Waals surface area contributed by atoms with Crippen molar-refractivity contribution >= 4 is 17.6 Å². The number of methoxy groups -OCH3 is 1. The first-order chi connectivity index (χ1) is 16.8. The van der Waals surface area contributed by atoms with Crippen LogP contribution in [0.4, 0.5) is 14.6 Å². The Labute approximate surface area is 200 Å². The highest BCUT2D eigenvalue weighted by atomic mass is 19.1. The number of primary amides is 1. The van der Waals surface area contributed by atoms with Gasteiger partial charge in [0.25, 0.3) is 11.8 Å². The largest absolute Gasteiger partial charge is 0.496 e. The number of rotatable bonds is 7. The van der Waals surface area contributed by atoms with Gasteiger partial charge in [0, 0.05) is 24.3 Å². The van der Waals surface area contributed by atoms with Crippen LogP contribution in [-0.4, -0.2) is 41.9 Å². The predicted molar refractivity (Wildman–Crippen MR) is 124 cm³/mol. The zero-order valence-electron chi connectivity index (χ0n) is 19.0. The van der Waals surface area contributed by atoms with Gasteiger partial charge in [0.15, 0.2) is 0 Å². The minimum Gasteiger partial charge on any atom is -0.496 e. The molecule has 0 saturated carbocycles. The molecule has 2 amide bonds. The van der Waals surface area contributed by atoms with Crippen molar-refractivity contribution in [3.63, 3.8) is 0 Å². The molecule has 0 bridgehead atoms. The van der Waals surface area contributed by atoms with Crippen LogP contribution in [0.3, 0.4) is 0 Å². The molecule has 35 heavy (non-hydrogen) atoms. The number of nitrogens with one attached hydrogen (secondary N) is 1. The Morgan fingerprint density at radius 2 is 2.03 bits per heavy atom. The van der Waals surface area contributed by atoms with Gasteiger partial charge in [-0.2, -0.15) is 5.10 Å². The van der Waals surface area contributed by atoms with E-state index in [0.717, 1.165) is 18.6 Å². The van der Waals surface area contributed by atoms with Gasteiger partial charge in [-0.3, -0.25) is 9.59 Å². The Kier molecular flexibility index (Phi) is 6.97. The molecule has 1 aromatic heterocycles. The molecule has 4 rings (SSSR count). The van der Waals surface area contributed by atoms with Crippen LogP contribution < -0.4 is 21.5 Å². The van der Waals surface area contributed by atoms with Crippen molar-refractivity contribution in [2.75, 3.05) is 26.1 Å². The van der Waals surface area contributed by atoms with E-state index in [9.17, 15) is 14.0 Å². The van der Waals surface area contributed by atoms with Crippen molar-refractivity contribution in [3.8, 4) is 17.0 Å². The lowest BCUT2D eigenvalue weighted by Gasteiger charge is -2.23. The molecule has 2 aromatic carbocycles. The fraction of sp³-hybridized carbons (Fsp3) is 0.292. The second-order valence-corrected chi connectivity index (χ2v) is 8.10. The first-order valence-electron chi connectivity index (χ1n) is 11.0. The number of nitrogens with zero attached hydrogens (tertiary/aromatic N) is 2. The molecular formula is C24H25F2N5O4. The van der Waals surface area contributed by atoms with Gasteiger partial charge in [-0.15, -0.1) is 0 Å². The van der Waals surface area contributed by atoms with Gasteiger partial charge in [-0.05, 0) is 37.1 Å². The third kappa shape index (κ3) is 4.80.